The maximum atomic E-state index is 12.9. The molecule has 3 rings (SSSR count). The van der Waals surface area contributed by atoms with E-state index in [1.54, 1.807) is 35.6 Å². The molecule has 0 aliphatic carbocycles. The quantitative estimate of drug-likeness (QED) is 0.787. The molecule has 24 heavy (non-hydrogen) atoms. The van der Waals surface area contributed by atoms with Crippen molar-refractivity contribution >= 4 is 28.8 Å². The summed E-state index contributed by atoms with van der Waals surface area (Å²) in [6.07, 6.45) is 0. The van der Waals surface area contributed by atoms with Crippen LogP contribution in [0.25, 0.3) is 0 Å². The smallest absolute Gasteiger partial charge is 0.254 e. The van der Waals surface area contributed by atoms with E-state index in [1.165, 1.54) is 5.56 Å². The number of rotatable bonds is 6. The van der Waals surface area contributed by atoms with Crippen molar-refractivity contribution < 1.29 is 9.53 Å². The average molecular weight is 365 g/mol. The highest BCUT2D eigenvalue weighted by molar-refractivity contribution is 7.07. The van der Waals surface area contributed by atoms with Crippen LogP contribution in [0.4, 0.5) is 0 Å². The lowest BCUT2D eigenvalue weighted by molar-refractivity contribution is 0.0320. The molecule has 4 nitrogen and oxygen atoms in total. The molecule has 6 heteroatoms. The molecule has 0 radical (unpaired) electrons. The van der Waals surface area contributed by atoms with Gasteiger partial charge in [0.1, 0.15) is 0 Å². The van der Waals surface area contributed by atoms with E-state index in [0.717, 1.165) is 32.8 Å². The summed E-state index contributed by atoms with van der Waals surface area (Å²) >= 11 is 7.59. The van der Waals surface area contributed by atoms with Gasteiger partial charge >= 0.3 is 0 Å². The van der Waals surface area contributed by atoms with E-state index in [4.69, 9.17) is 16.3 Å². The molecule has 0 saturated carbocycles. The predicted octanol–water partition coefficient (Wildman–Crippen LogP) is 3.38. The highest BCUT2D eigenvalue weighted by Crippen LogP contribution is 2.15. The van der Waals surface area contributed by atoms with E-state index >= 15 is 0 Å². The van der Waals surface area contributed by atoms with Gasteiger partial charge in [0.2, 0.25) is 0 Å². The molecule has 1 amide bonds. The van der Waals surface area contributed by atoms with E-state index in [1.807, 2.05) is 10.3 Å². The van der Waals surface area contributed by atoms with Crippen LogP contribution in [-0.4, -0.2) is 55.1 Å². The van der Waals surface area contributed by atoms with Gasteiger partial charge in [-0.2, -0.15) is 11.3 Å². The molecular weight excluding hydrogens is 344 g/mol. The summed E-state index contributed by atoms with van der Waals surface area (Å²) in [5.74, 6) is 0.0473. The predicted molar refractivity (Wildman–Crippen MR) is 97.8 cm³/mol. The van der Waals surface area contributed by atoms with Crippen LogP contribution >= 0.6 is 22.9 Å². The number of thiophene rings is 1. The van der Waals surface area contributed by atoms with Gasteiger partial charge in [0.05, 0.1) is 13.2 Å². The molecule has 0 bridgehead atoms. The number of carbonyl (C=O) groups excluding carboxylic acids is 1. The van der Waals surface area contributed by atoms with Crippen molar-refractivity contribution in [3.05, 3.63) is 57.2 Å². The molecule has 0 spiro atoms. The van der Waals surface area contributed by atoms with Gasteiger partial charge in [-0.25, -0.2) is 0 Å². The normalized spacial score (nSPS) is 15.4. The summed E-state index contributed by atoms with van der Waals surface area (Å²) < 4.78 is 5.39. The molecule has 1 fully saturated rings. The number of ether oxygens (including phenoxy) is 1. The minimum atomic E-state index is 0.0473. The second kappa shape index (κ2) is 8.62. The SMILES string of the molecule is O=C(c1ccc(Cl)cc1)N(CCN1CCOCC1)Cc1ccsc1. The summed E-state index contributed by atoms with van der Waals surface area (Å²) in [5, 5.41) is 4.78. The van der Waals surface area contributed by atoms with E-state index in [0.29, 0.717) is 23.7 Å². The third kappa shape index (κ3) is 4.80. The molecule has 128 valence electrons. The zero-order valence-electron chi connectivity index (χ0n) is 13.5. The maximum Gasteiger partial charge on any atom is 0.254 e. The number of amides is 1. The fraction of sp³-hybridized carbons (Fsp3) is 0.389. The first kappa shape index (κ1) is 17.4. The lowest BCUT2D eigenvalue weighted by Crippen LogP contribution is -2.42. The first-order valence-corrected chi connectivity index (χ1v) is 9.40. The first-order valence-electron chi connectivity index (χ1n) is 8.08. The molecule has 1 aliphatic rings. The Morgan fingerprint density at radius 1 is 1.21 bits per heavy atom. The fourth-order valence-electron chi connectivity index (χ4n) is 2.72. The molecule has 2 heterocycles. The highest BCUT2D eigenvalue weighted by Gasteiger charge is 2.18. The third-order valence-corrected chi connectivity index (χ3v) is 5.11. The molecule has 1 aliphatic heterocycles. The molecule has 0 atom stereocenters. The number of carbonyl (C=O) groups is 1. The van der Waals surface area contributed by atoms with Crippen LogP contribution in [0, 0.1) is 0 Å². The Bertz CT molecular complexity index is 640. The Morgan fingerprint density at radius 2 is 1.96 bits per heavy atom. The van der Waals surface area contributed by atoms with Gasteiger partial charge in [-0.1, -0.05) is 11.6 Å². The summed E-state index contributed by atoms with van der Waals surface area (Å²) in [7, 11) is 0. The molecule has 1 saturated heterocycles. The van der Waals surface area contributed by atoms with Crippen molar-refractivity contribution in [1.29, 1.82) is 0 Å². The minimum Gasteiger partial charge on any atom is -0.379 e. The Labute approximate surface area is 151 Å². The van der Waals surface area contributed by atoms with Crippen molar-refractivity contribution in [3.63, 3.8) is 0 Å². The number of hydrogen-bond donors (Lipinski definition) is 0. The van der Waals surface area contributed by atoms with Gasteiger partial charge in [0.15, 0.2) is 0 Å². The molecule has 1 aromatic heterocycles. The lowest BCUT2D eigenvalue weighted by Gasteiger charge is -2.30. The lowest BCUT2D eigenvalue weighted by atomic mass is 10.2. The number of benzene rings is 1. The first-order chi connectivity index (χ1) is 11.7. The molecule has 1 aromatic carbocycles. The van der Waals surface area contributed by atoms with Crippen molar-refractivity contribution in [2.24, 2.45) is 0 Å². The van der Waals surface area contributed by atoms with Crippen LogP contribution in [0.5, 0.6) is 0 Å². The standard InChI is InChI=1S/C18H21ClN2O2S/c19-17-3-1-16(2-4-17)18(22)21(13-15-5-12-24-14-15)7-6-20-8-10-23-11-9-20/h1-5,12,14H,6-11,13H2. The number of halogens is 1. The van der Waals surface area contributed by atoms with E-state index in [-0.39, 0.29) is 5.91 Å². The van der Waals surface area contributed by atoms with Crippen LogP contribution in [-0.2, 0) is 11.3 Å². The zero-order valence-corrected chi connectivity index (χ0v) is 15.1. The van der Waals surface area contributed by atoms with Crippen molar-refractivity contribution in [2.45, 2.75) is 6.54 Å². The molecule has 2 aromatic rings. The second-order valence-corrected chi connectivity index (χ2v) is 7.04. The molecule has 0 N–H and O–H groups in total. The third-order valence-electron chi connectivity index (χ3n) is 4.12. The van der Waals surface area contributed by atoms with E-state index < -0.39 is 0 Å². The van der Waals surface area contributed by atoms with Crippen LogP contribution in [0.1, 0.15) is 15.9 Å². The Kier molecular flexibility index (Phi) is 6.26. The van der Waals surface area contributed by atoms with E-state index in [2.05, 4.69) is 16.3 Å². The second-order valence-electron chi connectivity index (χ2n) is 5.82. The molecular formula is C18H21ClN2O2S. The Hall–Kier alpha value is -1.40. The Balaban J connectivity index is 1.68. The van der Waals surface area contributed by atoms with Gasteiger partial charge < -0.3 is 9.64 Å². The van der Waals surface area contributed by atoms with Crippen molar-refractivity contribution in [3.8, 4) is 0 Å². The van der Waals surface area contributed by atoms with Crippen LogP contribution in [0.2, 0.25) is 5.02 Å². The van der Waals surface area contributed by atoms with Crippen LogP contribution < -0.4 is 0 Å². The van der Waals surface area contributed by atoms with Crippen molar-refractivity contribution in [2.75, 3.05) is 39.4 Å². The summed E-state index contributed by atoms with van der Waals surface area (Å²) in [5.41, 5.74) is 1.85. The number of morpholine rings is 1. The van der Waals surface area contributed by atoms with Gasteiger partial charge in [-0.05, 0) is 46.7 Å². The highest BCUT2D eigenvalue weighted by atomic mass is 35.5. The van der Waals surface area contributed by atoms with Crippen LogP contribution in [0.15, 0.2) is 41.1 Å². The monoisotopic (exact) mass is 364 g/mol. The van der Waals surface area contributed by atoms with E-state index in [9.17, 15) is 4.79 Å². The number of nitrogens with zero attached hydrogens (tertiary/aromatic N) is 2. The number of hydrogen-bond acceptors (Lipinski definition) is 4. The maximum absolute atomic E-state index is 12.9. The van der Waals surface area contributed by atoms with Crippen molar-refractivity contribution in [1.82, 2.24) is 9.80 Å². The Morgan fingerprint density at radius 3 is 2.62 bits per heavy atom. The summed E-state index contributed by atoms with van der Waals surface area (Å²) in [4.78, 5) is 17.2. The average Bonchev–Trinajstić information content (AvgIpc) is 3.13. The van der Waals surface area contributed by atoms with Gasteiger partial charge in [0.25, 0.3) is 5.91 Å². The van der Waals surface area contributed by atoms with Gasteiger partial charge in [-0.3, -0.25) is 9.69 Å². The largest absolute Gasteiger partial charge is 0.379 e. The summed E-state index contributed by atoms with van der Waals surface area (Å²) in [6, 6.07) is 9.18. The summed E-state index contributed by atoms with van der Waals surface area (Å²) in [6.45, 7) is 5.62. The molecule has 0 unspecified atom stereocenters. The topological polar surface area (TPSA) is 32.8 Å². The zero-order chi connectivity index (χ0) is 16.8. The minimum absolute atomic E-state index is 0.0473. The fourth-order valence-corrected chi connectivity index (χ4v) is 3.50. The van der Waals surface area contributed by atoms with Gasteiger partial charge in [-0.15, -0.1) is 0 Å². The van der Waals surface area contributed by atoms with Gasteiger partial charge in [0, 0.05) is 43.3 Å². The van der Waals surface area contributed by atoms with Crippen LogP contribution in [0.3, 0.4) is 0 Å².